The third kappa shape index (κ3) is 3.57. The van der Waals surface area contributed by atoms with Crippen molar-refractivity contribution in [1.82, 2.24) is 0 Å². The zero-order chi connectivity index (χ0) is 28.5. The third-order valence-corrected chi connectivity index (χ3v) is 8.44. The molecule has 204 valence electrons. The molecule has 4 nitrogen and oxygen atoms in total. The van der Waals surface area contributed by atoms with Crippen molar-refractivity contribution in [3.05, 3.63) is 139 Å². The molecule has 0 aliphatic carbocycles. The van der Waals surface area contributed by atoms with Gasteiger partial charge in [0.05, 0.1) is 16.8 Å². The molecule has 6 aromatic carbocycles. The van der Waals surface area contributed by atoms with E-state index >= 15 is 0 Å². The second kappa shape index (κ2) is 9.13. The first-order chi connectivity index (χ1) is 21.2. The van der Waals surface area contributed by atoms with Crippen LogP contribution in [0.3, 0.4) is 0 Å². The fourth-order valence-electron chi connectivity index (χ4n) is 6.43. The lowest BCUT2D eigenvalue weighted by molar-refractivity contribution is 0.631. The molecule has 0 saturated heterocycles. The molecule has 0 spiro atoms. The van der Waals surface area contributed by atoms with Crippen molar-refractivity contribution in [2.45, 2.75) is 6.92 Å². The molecule has 3 aromatic heterocycles. The standard InChI is InChI=1S/C39H25NO3/c1-24-31-23-32(39-36(30-17-9-11-19-34(30)42-39)38(31)43-37(24)25-12-4-2-5-13-25)40(26-14-6-3-7-15-26)27-20-21-29-28-16-8-10-18-33(28)41-35(29)22-27/h2-23H,1H3. The van der Waals surface area contributed by atoms with Crippen molar-refractivity contribution >= 4 is 71.9 Å². The van der Waals surface area contributed by atoms with Gasteiger partial charge in [-0.25, -0.2) is 0 Å². The van der Waals surface area contributed by atoms with Crippen molar-refractivity contribution in [2.75, 3.05) is 4.90 Å². The molecule has 0 aliphatic rings. The fourth-order valence-corrected chi connectivity index (χ4v) is 6.43. The van der Waals surface area contributed by atoms with Crippen molar-refractivity contribution in [3.8, 4) is 11.3 Å². The summed E-state index contributed by atoms with van der Waals surface area (Å²) >= 11 is 0. The Hall–Kier alpha value is -5.74. The first-order valence-electron chi connectivity index (χ1n) is 14.4. The van der Waals surface area contributed by atoms with E-state index in [2.05, 4.69) is 84.6 Å². The first kappa shape index (κ1) is 23.9. The summed E-state index contributed by atoms with van der Waals surface area (Å²) in [7, 11) is 0. The van der Waals surface area contributed by atoms with Crippen LogP contribution < -0.4 is 4.90 Å². The number of furan rings is 3. The molecule has 0 aliphatic heterocycles. The molecule has 0 amide bonds. The minimum Gasteiger partial charge on any atom is -0.456 e. The molecule has 0 bridgehead atoms. The van der Waals surface area contributed by atoms with Crippen LogP contribution in [0.1, 0.15) is 5.56 Å². The molecule has 0 N–H and O–H groups in total. The molecule has 0 atom stereocenters. The highest BCUT2D eigenvalue weighted by molar-refractivity contribution is 6.22. The fraction of sp³-hybridized carbons (Fsp3) is 0.0256. The number of hydrogen-bond donors (Lipinski definition) is 0. The number of rotatable bonds is 4. The molecule has 0 radical (unpaired) electrons. The van der Waals surface area contributed by atoms with Gasteiger partial charge in [0.1, 0.15) is 28.1 Å². The van der Waals surface area contributed by atoms with E-state index in [1.807, 2.05) is 60.7 Å². The summed E-state index contributed by atoms with van der Waals surface area (Å²) in [6.45, 7) is 2.14. The van der Waals surface area contributed by atoms with Gasteiger partial charge < -0.3 is 18.2 Å². The average molecular weight is 556 g/mol. The summed E-state index contributed by atoms with van der Waals surface area (Å²) in [4.78, 5) is 2.26. The van der Waals surface area contributed by atoms with E-state index < -0.39 is 0 Å². The highest BCUT2D eigenvalue weighted by Gasteiger charge is 2.26. The number of para-hydroxylation sites is 3. The van der Waals surface area contributed by atoms with Crippen molar-refractivity contribution in [3.63, 3.8) is 0 Å². The van der Waals surface area contributed by atoms with Gasteiger partial charge in [-0.3, -0.25) is 0 Å². The van der Waals surface area contributed by atoms with Crippen molar-refractivity contribution < 1.29 is 13.3 Å². The second-order valence-electron chi connectivity index (χ2n) is 10.9. The Morgan fingerprint density at radius 2 is 1.12 bits per heavy atom. The number of anilines is 3. The van der Waals surface area contributed by atoms with Crippen molar-refractivity contribution in [2.24, 2.45) is 0 Å². The maximum Gasteiger partial charge on any atom is 0.163 e. The minimum absolute atomic E-state index is 0.774. The van der Waals surface area contributed by atoms with Gasteiger partial charge >= 0.3 is 0 Å². The molecule has 43 heavy (non-hydrogen) atoms. The quantitative estimate of drug-likeness (QED) is 0.217. The second-order valence-corrected chi connectivity index (χ2v) is 10.9. The van der Waals surface area contributed by atoms with Crippen molar-refractivity contribution in [1.29, 1.82) is 0 Å². The lowest BCUT2D eigenvalue weighted by Crippen LogP contribution is -2.10. The minimum atomic E-state index is 0.774. The SMILES string of the molecule is Cc1c(-c2ccccc2)oc2c1cc(N(c1ccccc1)c1ccc3c(c1)oc1ccccc13)c1oc3ccccc3c12. The Labute approximate surface area is 247 Å². The van der Waals surface area contributed by atoms with Crippen LogP contribution in [0, 0.1) is 6.92 Å². The van der Waals surface area contributed by atoms with E-state index in [4.69, 9.17) is 13.3 Å². The maximum atomic E-state index is 6.71. The van der Waals surface area contributed by atoms with Crippen LogP contribution >= 0.6 is 0 Å². The summed E-state index contributed by atoms with van der Waals surface area (Å²) in [5.41, 5.74) is 9.22. The summed E-state index contributed by atoms with van der Waals surface area (Å²) < 4.78 is 19.7. The van der Waals surface area contributed by atoms with E-state index in [1.54, 1.807) is 0 Å². The molecule has 0 saturated carbocycles. The summed E-state index contributed by atoms with van der Waals surface area (Å²) in [5, 5.41) is 5.25. The van der Waals surface area contributed by atoms with E-state index in [0.29, 0.717) is 0 Å². The van der Waals surface area contributed by atoms with Gasteiger partial charge in [0, 0.05) is 44.4 Å². The molecular weight excluding hydrogens is 530 g/mol. The zero-order valence-electron chi connectivity index (χ0n) is 23.4. The van der Waals surface area contributed by atoms with Crippen LogP contribution in [0.15, 0.2) is 147 Å². The van der Waals surface area contributed by atoms with Crippen LogP contribution in [0.2, 0.25) is 0 Å². The zero-order valence-corrected chi connectivity index (χ0v) is 23.4. The van der Waals surface area contributed by atoms with Gasteiger partial charge in [0.2, 0.25) is 0 Å². The Kier molecular flexibility index (Phi) is 5.08. The Bertz CT molecular complexity index is 2460. The number of fused-ring (bicyclic) bond motifs is 8. The third-order valence-electron chi connectivity index (χ3n) is 8.44. The van der Waals surface area contributed by atoms with Crippen LogP contribution in [-0.4, -0.2) is 0 Å². The molecule has 9 aromatic rings. The number of aryl methyl sites for hydroxylation is 1. The highest BCUT2D eigenvalue weighted by Crippen LogP contribution is 2.48. The lowest BCUT2D eigenvalue weighted by atomic mass is 10.0. The molecule has 3 heterocycles. The van der Waals surface area contributed by atoms with Gasteiger partial charge in [0.25, 0.3) is 0 Å². The van der Waals surface area contributed by atoms with E-state index in [-0.39, 0.29) is 0 Å². The van der Waals surface area contributed by atoms with E-state index in [9.17, 15) is 0 Å². The Morgan fingerprint density at radius 1 is 0.465 bits per heavy atom. The van der Waals surface area contributed by atoms with Gasteiger partial charge in [-0.05, 0) is 49.4 Å². The Morgan fingerprint density at radius 3 is 1.91 bits per heavy atom. The van der Waals surface area contributed by atoms with Gasteiger partial charge in [-0.1, -0.05) is 84.9 Å². The Balaban J connectivity index is 1.38. The molecule has 4 heteroatoms. The maximum absolute atomic E-state index is 6.71. The molecule has 0 unspecified atom stereocenters. The first-order valence-corrected chi connectivity index (χ1v) is 14.4. The predicted octanol–water partition coefficient (Wildman–Crippen LogP) is 11.7. The number of benzene rings is 6. The van der Waals surface area contributed by atoms with Crippen LogP contribution in [0.5, 0.6) is 0 Å². The normalized spacial score (nSPS) is 11.8. The number of nitrogens with zero attached hydrogens (tertiary/aromatic N) is 1. The average Bonchev–Trinajstić information content (AvgIpc) is 3.73. The molecule has 0 fully saturated rings. The molecule has 9 rings (SSSR count). The smallest absolute Gasteiger partial charge is 0.163 e. The highest BCUT2D eigenvalue weighted by atomic mass is 16.3. The van der Waals surface area contributed by atoms with E-state index in [1.165, 1.54) is 0 Å². The number of hydrogen-bond acceptors (Lipinski definition) is 4. The van der Waals surface area contributed by atoms with E-state index in [0.717, 1.165) is 88.8 Å². The van der Waals surface area contributed by atoms with Gasteiger partial charge in [-0.15, -0.1) is 0 Å². The largest absolute Gasteiger partial charge is 0.456 e. The summed E-state index contributed by atoms with van der Waals surface area (Å²) in [5.74, 6) is 0.870. The van der Waals surface area contributed by atoms with Crippen LogP contribution in [0.4, 0.5) is 17.1 Å². The monoisotopic (exact) mass is 555 g/mol. The summed E-state index contributed by atoms with van der Waals surface area (Å²) in [6.07, 6.45) is 0. The summed E-state index contributed by atoms with van der Waals surface area (Å²) in [6, 6.07) is 45.7. The topological polar surface area (TPSA) is 42.7 Å². The lowest BCUT2D eigenvalue weighted by Gasteiger charge is -2.25. The predicted molar refractivity (Wildman–Crippen MR) is 176 cm³/mol. The van der Waals surface area contributed by atoms with Gasteiger partial charge in [0.15, 0.2) is 5.58 Å². The molecular formula is C39H25NO3. The van der Waals surface area contributed by atoms with Gasteiger partial charge in [-0.2, -0.15) is 0 Å². The van der Waals surface area contributed by atoms with Crippen LogP contribution in [0.25, 0.3) is 66.2 Å². The van der Waals surface area contributed by atoms with Crippen LogP contribution in [-0.2, 0) is 0 Å².